The molecule has 3 N–H and O–H groups in total. The Morgan fingerprint density at radius 1 is 1.35 bits per heavy atom. The van der Waals surface area contributed by atoms with Crippen molar-refractivity contribution in [1.29, 1.82) is 0 Å². The van der Waals surface area contributed by atoms with Crippen LogP contribution in [0.4, 0.5) is 5.69 Å². The zero-order valence-corrected chi connectivity index (χ0v) is 11.8. The Hall–Kier alpha value is -2.28. The number of amides is 2. The summed E-state index contributed by atoms with van der Waals surface area (Å²) in [7, 11) is 0. The van der Waals surface area contributed by atoms with Gasteiger partial charge in [-0.1, -0.05) is 6.07 Å². The normalized spacial score (nSPS) is 10.1. The molecule has 0 radical (unpaired) electrons. The van der Waals surface area contributed by atoms with E-state index >= 15 is 0 Å². The minimum Gasteiger partial charge on any atom is -0.484 e. The highest BCUT2D eigenvalue weighted by molar-refractivity contribution is 9.10. The zero-order valence-electron chi connectivity index (χ0n) is 10.3. The Morgan fingerprint density at radius 2 is 2.15 bits per heavy atom. The van der Waals surface area contributed by atoms with E-state index in [2.05, 4.69) is 21.2 Å². The largest absolute Gasteiger partial charge is 0.484 e. The van der Waals surface area contributed by atoms with Gasteiger partial charge in [-0.25, -0.2) is 0 Å². The van der Waals surface area contributed by atoms with Crippen molar-refractivity contribution in [3.05, 3.63) is 46.8 Å². The maximum Gasteiger partial charge on any atom is 0.260 e. The van der Waals surface area contributed by atoms with Gasteiger partial charge >= 0.3 is 0 Å². The fourth-order valence-electron chi connectivity index (χ4n) is 1.47. The summed E-state index contributed by atoms with van der Waals surface area (Å²) < 4.78 is 10.5. The van der Waals surface area contributed by atoms with Crippen molar-refractivity contribution in [1.82, 2.24) is 0 Å². The molecular formula is C13H11BrN2O4. The maximum absolute atomic E-state index is 12.0. The minimum absolute atomic E-state index is 0.218. The summed E-state index contributed by atoms with van der Waals surface area (Å²) in [6, 6.07) is 8.19. The second-order valence-corrected chi connectivity index (χ2v) is 4.57. The topological polar surface area (TPSA) is 94.6 Å². The molecule has 7 heteroatoms. The molecule has 0 aliphatic carbocycles. The van der Waals surface area contributed by atoms with Gasteiger partial charge in [0.2, 0.25) is 0 Å². The molecule has 0 spiro atoms. The number of ether oxygens (including phenoxy) is 1. The Labute approximate surface area is 123 Å². The molecule has 0 atom stereocenters. The van der Waals surface area contributed by atoms with E-state index in [-0.39, 0.29) is 12.5 Å². The van der Waals surface area contributed by atoms with Crippen LogP contribution >= 0.6 is 15.9 Å². The van der Waals surface area contributed by atoms with Crippen molar-refractivity contribution in [3.63, 3.8) is 0 Å². The van der Waals surface area contributed by atoms with Crippen LogP contribution < -0.4 is 15.8 Å². The molecule has 104 valence electrons. The summed E-state index contributed by atoms with van der Waals surface area (Å²) in [6.45, 7) is -0.218. The molecule has 1 aromatic carbocycles. The van der Waals surface area contributed by atoms with Crippen molar-refractivity contribution in [3.8, 4) is 5.75 Å². The van der Waals surface area contributed by atoms with Crippen LogP contribution in [0.15, 0.2) is 45.7 Å². The lowest BCUT2D eigenvalue weighted by molar-refractivity contribution is -0.119. The van der Waals surface area contributed by atoms with Crippen LogP contribution in [-0.2, 0) is 4.79 Å². The van der Waals surface area contributed by atoms with Crippen LogP contribution in [0, 0.1) is 0 Å². The van der Waals surface area contributed by atoms with Gasteiger partial charge in [-0.05, 0) is 34.1 Å². The van der Waals surface area contributed by atoms with E-state index in [1.54, 1.807) is 30.3 Å². The lowest BCUT2D eigenvalue weighted by Gasteiger charge is -2.07. The molecule has 2 rings (SSSR count). The average molecular weight is 339 g/mol. The highest BCUT2D eigenvalue weighted by Gasteiger charge is 2.12. The van der Waals surface area contributed by atoms with Gasteiger partial charge in [0.15, 0.2) is 11.3 Å². The molecule has 0 saturated heterocycles. The first-order chi connectivity index (χ1) is 9.56. The van der Waals surface area contributed by atoms with Crippen molar-refractivity contribution < 1.29 is 18.7 Å². The minimum atomic E-state index is -0.568. The molecule has 0 aliphatic heterocycles. The summed E-state index contributed by atoms with van der Waals surface area (Å²) in [5.74, 6) is -0.452. The maximum atomic E-state index is 12.0. The third kappa shape index (κ3) is 3.61. The van der Waals surface area contributed by atoms with Gasteiger partial charge in [0.1, 0.15) is 5.75 Å². The average Bonchev–Trinajstić information content (AvgIpc) is 2.83. The van der Waals surface area contributed by atoms with Crippen molar-refractivity contribution in [2.24, 2.45) is 5.73 Å². The highest BCUT2D eigenvalue weighted by Crippen LogP contribution is 2.21. The van der Waals surface area contributed by atoms with Gasteiger partial charge in [-0.2, -0.15) is 0 Å². The molecule has 0 unspecified atom stereocenters. The highest BCUT2D eigenvalue weighted by atomic mass is 79.9. The first kappa shape index (κ1) is 14.1. The van der Waals surface area contributed by atoms with E-state index in [1.807, 2.05) is 0 Å². The molecule has 2 aromatic rings. The number of hydrogen-bond acceptors (Lipinski definition) is 4. The van der Waals surface area contributed by atoms with E-state index in [0.717, 1.165) is 0 Å². The van der Waals surface area contributed by atoms with E-state index < -0.39 is 5.91 Å². The number of furan rings is 1. The van der Waals surface area contributed by atoms with Crippen LogP contribution in [0.5, 0.6) is 5.75 Å². The van der Waals surface area contributed by atoms with E-state index in [4.69, 9.17) is 14.9 Å². The summed E-state index contributed by atoms with van der Waals surface area (Å²) in [4.78, 5) is 22.6. The monoisotopic (exact) mass is 338 g/mol. The Balaban J connectivity index is 2.06. The Kier molecular flexibility index (Phi) is 4.41. The number of carbonyl (C=O) groups excluding carboxylic acids is 2. The van der Waals surface area contributed by atoms with Crippen LogP contribution in [0.3, 0.4) is 0 Å². The molecule has 20 heavy (non-hydrogen) atoms. The number of anilines is 1. The van der Waals surface area contributed by atoms with Crippen molar-refractivity contribution in [2.75, 3.05) is 11.9 Å². The van der Waals surface area contributed by atoms with Gasteiger partial charge < -0.3 is 20.2 Å². The Bertz CT molecular complexity index is 639. The fourth-order valence-corrected chi connectivity index (χ4v) is 1.89. The van der Waals surface area contributed by atoms with Crippen molar-refractivity contribution >= 4 is 33.4 Å². The van der Waals surface area contributed by atoms with Crippen LogP contribution in [-0.4, -0.2) is 18.4 Å². The number of nitrogens with one attached hydrogen (secondary N) is 1. The third-order valence-corrected chi connectivity index (χ3v) is 2.95. The standard InChI is InChI=1S/C13H11BrN2O4/c14-12-10(4-5-19-12)13(18)16-8-2-1-3-9(6-8)20-7-11(15)17/h1-6H,7H2,(H2,15,17)(H,16,18). The summed E-state index contributed by atoms with van der Waals surface area (Å²) >= 11 is 3.13. The molecule has 6 nitrogen and oxygen atoms in total. The Morgan fingerprint density at radius 3 is 2.80 bits per heavy atom. The number of nitrogens with two attached hydrogens (primary N) is 1. The van der Waals surface area contributed by atoms with Crippen LogP contribution in [0.25, 0.3) is 0 Å². The van der Waals surface area contributed by atoms with Gasteiger partial charge in [-0.15, -0.1) is 0 Å². The number of primary amides is 1. The molecule has 0 bridgehead atoms. The lowest BCUT2D eigenvalue weighted by Crippen LogP contribution is -2.20. The predicted molar refractivity (Wildman–Crippen MR) is 75.5 cm³/mol. The van der Waals surface area contributed by atoms with Gasteiger partial charge in [0.05, 0.1) is 11.8 Å². The SMILES string of the molecule is NC(=O)COc1cccc(NC(=O)c2ccoc2Br)c1. The summed E-state index contributed by atoms with van der Waals surface area (Å²) in [5.41, 5.74) is 5.91. The molecule has 1 aromatic heterocycles. The third-order valence-electron chi connectivity index (χ3n) is 2.34. The van der Waals surface area contributed by atoms with Gasteiger partial charge in [0.25, 0.3) is 11.8 Å². The molecule has 0 fully saturated rings. The second-order valence-electron chi connectivity index (χ2n) is 3.84. The van der Waals surface area contributed by atoms with E-state index in [9.17, 15) is 9.59 Å². The number of carbonyl (C=O) groups is 2. The first-order valence-electron chi connectivity index (χ1n) is 5.62. The summed E-state index contributed by atoms with van der Waals surface area (Å²) in [5, 5.41) is 2.69. The number of benzene rings is 1. The first-order valence-corrected chi connectivity index (χ1v) is 6.41. The smallest absolute Gasteiger partial charge is 0.260 e. The summed E-state index contributed by atoms with van der Waals surface area (Å²) in [6.07, 6.45) is 1.41. The number of rotatable bonds is 5. The fraction of sp³-hybridized carbons (Fsp3) is 0.0769. The second kappa shape index (κ2) is 6.25. The molecule has 0 saturated carbocycles. The van der Waals surface area contributed by atoms with Gasteiger partial charge in [0, 0.05) is 11.8 Å². The molecule has 2 amide bonds. The lowest BCUT2D eigenvalue weighted by atomic mass is 10.2. The quantitative estimate of drug-likeness (QED) is 0.873. The van der Waals surface area contributed by atoms with Crippen LogP contribution in [0.2, 0.25) is 0 Å². The van der Waals surface area contributed by atoms with Crippen molar-refractivity contribution in [2.45, 2.75) is 0 Å². The van der Waals surface area contributed by atoms with Crippen LogP contribution in [0.1, 0.15) is 10.4 Å². The molecule has 1 heterocycles. The number of hydrogen-bond donors (Lipinski definition) is 2. The number of halogens is 1. The zero-order chi connectivity index (χ0) is 14.5. The van der Waals surface area contributed by atoms with Gasteiger partial charge in [-0.3, -0.25) is 9.59 Å². The van der Waals surface area contributed by atoms with E-state index in [1.165, 1.54) is 6.26 Å². The predicted octanol–water partition coefficient (Wildman–Crippen LogP) is 2.16. The molecule has 0 aliphatic rings. The molecular weight excluding hydrogens is 328 g/mol. The van der Waals surface area contributed by atoms with E-state index in [0.29, 0.717) is 21.7 Å².